The average Bonchev–Trinajstić information content (AvgIpc) is 2.44. The van der Waals surface area contributed by atoms with E-state index < -0.39 is 9.84 Å². The second kappa shape index (κ2) is 8.75. The molecule has 0 aliphatic rings. The van der Waals surface area contributed by atoms with Gasteiger partial charge >= 0.3 is 6.03 Å². The van der Waals surface area contributed by atoms with E-state index in [0.29, 0.717) is 19.7 Å². The number of hydrogen-bond acceptors (Lipinski definition) is 4. The normalized spacial score (nSPS) is 11.2. The third-order valence-corrected chi connectivity index (χ3v) is 3.94. The Kier molecular flexibility index (Phi) is 7.34. The van der Waals surface area contributed by atoms with Crippen molar-refractivity contribution in [3.8, 4) is 0 Å². The summed E-state index contributed by atoms with van der Waals surface area (Å²) >= 11 is 0. The summed E-state index contributed by atoms with van der Waals surface area (Å²) in [4.78, 5) is 13.5. The smallest absolute Gasteiger partial charge is 0.317 e. The zero-order valence-corrected chi connectivity index (χ0v) is 14.1. The van der Waals surface area contributed by atoms with Crippen LogP contribution in [0.2, 0.25) is 0 Å². The molecule has 1 aromatic carbocycles. The first-order valence-electron chi connectivity index (χ1n) is 7.05. The topological polar surface area (TPSA) is 75.7 Å². The predicted octanol–water partition coefficient (Wildman–Crippen LogP) is 1.41. The number of nitrogens with one attached hydrogen (secondary N) is 1. The maximum atomic E-state index is 11.9. The lowest BCUT2D eigenvalue weighted by Crippen LogP contribution is -2.37. The summed E-state index contributed by atoms with van der Waals surface area (Å²) in [7, 11) is 0.344. The monoisotopic (exact) mass is 328 g/mol. The minimum absolute atomic E-state index is 0.0296. The van der Waals surface area contributed by atoms with Gasteiger partial charge in [0.05, 0.1) is 5.75 Å². The van der Waals surface area contributed by atoms with Crippen molar-refractivity contribution in [1.29, 1.82) is 0 Å². The number of urea groups is 1. The zero-order chi connectivity index (χ0) is 16.6. The minimum atomic E-state index is -3.02. The van der Waals surface area contributed by atoms with E-state index in [4.69, 9.17) is 4.74 Å². The minimum Gasteiger partial charge on any atom is -0.385 e. The third kappa shape index (κ3) is 7.42. The highest BCUT2D eigenvalue weighted by molar-refractivity contribution is 7.89. The zero-order valence-electron chi connectivity index (χ0n) is 13.3. The Morgan fingerprint density at radius 2 is 1.82 bits per heavy atom. The van der Waals surface area contributed by atoms with E-state index in [1.54, 1.807) is 31.2 Å². The van der Waals surface area contributed by atoms with Gasteiger partial charge in [-0.1, -0.05) is 24.3 Å². The van der Waals surface area contributed by atoms with Gasteiger partial charge in [0.15, 0.2) is 9.84 Å². The first-order valence-corrected chi connectivity index (χ1v) is 9.11. The Morgan fingerprint density at radius 3 is 2.36 bits per heavy atom. The molecule has 0 saturated heterocycles. The molecule has 1 aromatic rings. The van der Waals surface area contributed by atoms with Crippen molar-refractivity contribution in [3.63, 3.8) is 0 Å². The molecule has 0 fully saturated rings. The number of methoxy groups -OCH3 is 1. The Bertz CT molecular complexity index is 570. The summed E-state index contributed by atoms with van der Waals surface area (Å²) in [5.41, 5.74) is 1.67. The molecule has 0 aliphatic carbocycles. The maximum absolute atomic E-state index is 11.9. The van der Waals surface area contributed by atoms with Crippen LogP contribution in [0.15, 0.2) is 24.3 Å². The van der Waals surface area contributed by atoms with Crippen molar-refractivity contribution >= 4 is 15.9 Å². The summed E-state index contributed by atoms with van der Waals surface area (Å²) in [5, 5.41) is 2.82. The Morgan fingerprint density at radius 1 is 1.23 bits per heavy atom. The largest absolute Gasteiger partial charge is 0.385 e. The number of rotatable bonds is 8. The average molecular weight is 328 g/mol. The van der Waals surface area contributed by atoms with Crippen LogP contribution in [0.25, 0.3) is 0 Å². The van der Waals surface area contributed by atoms with E-state index in [0.717, 1.165) is 17.5 Å². The van der Waals surface area contributed by atoms with Crippen molar-refractivity contribution in [1.82, 2.24) is 10.2 Å². The lowest BCUT2D eigenvalue weighted by Gasteiger charge is -2.17. The number of sulfone groups is 1. The van der Waals surface area contributed by atoms with Crippen molar-refractivity contribution in [2.24, 2.45) is 0 Å². The number of nitrogens with zero attached hydrogens (tertiary/aromatic N) is 1. The second-order valence-electron chi connectivity index (χ2n) is 5.31. The fourth-order valence-electron chi connectivity index (χ4n) is 1.92. The molecule has 124 valence electrons. The van der Waals surface area contributed by atoms with Gasteiger partial charge < -0.3 is 15.0 Å². The molecule has 0 saturated carbocycles. The molecule has 1 rings (SSSR count). The molecule has 22 heavy (non-hydrogen) atoms. The van der Waals surface area contributed by atoms with Crippen molar-refractivity contribution in [2.45, 2.75) is 18.7 Å². The highest BCUT2D eigenvalue weighted by atomic mass is 32.2. The maximum Gasteiger partial charge on any atom is 0.317 e. The predicted molar refractivity (Wildman–Crippen MR) is 86.3 cm³/mol. The van der Waals surface area contributed by atoms with Gasteiger partial charge in [-0.25, -0.2) is 13.2 Å². The summed E-state index contributed by atoms with van der Waals surface area (Å²) < 4.78 is 27.4. The van der Waals surface area contributed by atoms with Crippen LogP contribution >= 0.6 is 0 Å². The highest BCUT2D eigenvalue weighted by Crippen LogP contribution is 2.08. The van der Waals surface area contributed by atoms with Crippen LogP contribution in [0.1, 0.15) is 17.5 Å². The van der Waals surface area contributed by atoms with Gasteiger partial charge in [-0.2, -0.15) is 0 Å². The van der Waals surface area contributed by atoms with E-state index >= 15 is 0 Å². The fourth-order valence-corrected chi connectivity index (χ4v) is 2.71. The third-order valence-electron chi connectivity index (χ3n) is 3.08. The van der Waals surface area contributed by atoms with Gasteiger partial charge in [-0.3, -0.25) is 0 Å². The molecule has 1 N–H and O–H groups in total. The van der Waals surface area contributed by atoms with E-state index in [-0.39, 0.29) is 11.8 Å². The molecule has 7 heteroatoms. The van der Waals surface area contributed by atoms with Crippen LogP contribution in [0.4, 0.5) is 4.79 Å². The summed E-state index contributed by atoms with van der Waals surface area (Å²) in [6.45, 7) is 1.67. The first-order chi connectivity index (χ1) is 10.3. The van der Waals surface area contributed by atoms with Crippen LogP contribution in [0.5, 0.6) is 0 Å². The van der Waals surface area contributed by atoms with Crippen molar-refractivity contribution < 1.29 is 17.9 Å². The Balaban J connectivity index is 2.42. The molecule has 0 spiro atoms. The van der Waals surface area contributed by atoms with E-state index in [1.165, 1.54) is 6.26 Å². The molecule has 2 amide bonds. The molecular formula is C15H24N2O4S. The second-order valence-corrected chi connectivity index (χ2v) is 7.45. The van der Waals surface area contributed by atoms with Gasteiger partial charge in [0.25, 0.3) is 0 Å². The van der Waals surface area contributed by atoms with E-state index in [9.17, 15) is 13.2 Å². The van der Waals surface area contributed by atoms with E-state index in [1.807, 2.05) is 12.1 Å². The van der Waals surface area contributed by atoms with Gasteiger partial charge in [0, 0.05) is 40.1 Å². The first kappa shape index (κ1) is 18.4. The van der Waals surface area contributed by atoms with Crippen LogP contribution in [-0.4, -0.2) is 52.9 Å². The van der Waals surface area contributed by atoms with Crippen molar-refractivity contribution in [2.75, 3.05) is 33.6 Å². The van der Waals surface area contributed by atoms with E-state index in [2.05, 4.69) is 5.32 Å². The number of hydrogen-bond donors (Lipinski definition) is 1. The summed E-state index contributed by atoms with van der Waals surface area (Å²) in [6, 6.07) is 7.05. The summed E-state index contributed by atoms with van der Waals surface area (Å²) in [5.74, 6) is 0.0296. The Labute approximate surface area is 132 Å². The van der Waals surface area contributed by atoms with Crippen LogP contribution < -0.4 is 5.32 Å². The lowest BCUT2D eigenvalue weighted by molar-refractivity contribution is 0.175. The molecular weight excluding hydrogens is 304 g/mol. The summed E-state index contributed by atoms with van der Waals surface area (Å²) in [6.07, 6.45) is 2.00. The van der Waals surface area contributed by atoms with Crippen LogP contribution in [0.3, 0.4) is 0 Å². The van der Waals surface area contributed by atoms with Gasteiger partial charge in [0.2, 0.25) is 0 Å². The molecule has 0 bridgehead atoms. The van der Waals surface area contributed by atoms with Gasteiger partial charge in [0.1, 0.15) is 0 Å². The molecule has 0 aromatic heterocycles. The standard InChI is InChI=1S/C15H24N2O4S/c1-17(9-4-10-21-2)15(18)16-11-13-5-7-14(8-6-13)12-22(3,19)20/h5-8H,4,9-12H2,1-3H3,(H,16,18). The SMILES string of the molecule is COCCCN(C)C(=O)NCc1ccc(CS(C)(=O)=O)cc1. The number of carbonyl (C=O) groups is 1. The molecule has 6 nitrogen and oxygen atoms in total. The fraction of sp³-hybridized carbons (Fsp3) is 0.533. The van der Waals surface area contributed by atoms with Gasteiger partial charge in [-0.05, 0) is 17.5 Å². The van der Waals surface area contributed by atoms with Crippen LogP contribution in [0, 0.1) is 0 Å². The number of ether oxygens (including phenoxy) is 1. The van der Waals surface area contributed by atoms with Gasteiger partial charge in [-0.15, -0.1) is 0 Å². The Hall–Kier alpha value is -1.60. The molecule has 0 unspecified atom stereocenters. The molecule has 0 radical (unpaired) electrons. The molecule has 0 atom stereocenters. The molecule has 0 heterocycles. The van der Waals surface area contributed by atoms with Crippen molar-refractivity contribution in [3.05, 3.63) is 35.4 Å². The molecule has 0 aliphatic heterocycles. The quantitative estimate of drug-likeness (QED) is 0.732. The van der Waals surface area contributed by atoms with Crippen LogP contribution in [-0.2, 0) is 26.9 Å². The lowest BCUT2D eigenvalue weighted by atomic mass is 10.1. The highest BCUT2D eigenvalue weighted by Gasteiger charge is 2.08. The number of amides is 2. The number of benzene rings is 1. The number of carbonyl (C=O) groups excluding carboxylic acids is 1.